The topological polar surface area (TPSA) is 41.9 Å². The van der Waals surface area contributed by atoms with Crippen LogP contribution in [0.4, 0.5) is 9.18 Å². The Morgan fingerprint density at radius 1 is 0.972 bits per heavy atom. The summed E-state index contributed by atoms with van der Waals surface area (Å²) in [7, 11) is 0. The molecule has 4 nitrogen and oxygen atoms in total. The molecule has 2 unspecified atom stereocenters. The highest BCUT2D eigenvalue weighted by Gasteiger charge is 2.42. The lowest BCUT2D eigenvalue weighted by Gasteiger charge is -2.28. The van der Waals surface area contributed by atoms with Crippen LogP contribution in [0.25, 0.3) is 0 Å². The number of hydrogen-bond donors (Lipinski definition) is 0. The van der Waals surface area contributed by atoms with Gasteiger partial charge < -0.3 is 4.74 Å². The van der Waals surface area contributed by atoms with Crippen LogP contribution in [0, 0.1) is 0 Å². The second kappa shape index (κ2) is 10.8. The second-order valence-corrected chi connectivity index (χ2v) is 10.8. The highest BCUT2D eigenvalue weighted by Crippen LogP contribution is 2.45. The average molecular weight is 548 g/mol. The van der Waals surface area contributed by atoms with Crippen LogP contribution < -0.4 is 4.74 Å². The van der Waals surface area contributed by atoms with Gasteiger partial charge in [0.05, 0.1) is 11.6 Å². The van der Waals surface area contributed by atoms with Crippen molar-refractivity contribution in [1.82, 2.24) is 4.90 Å². The van der Waals surface area contributed by atoms with E-state index in [-0.39, 0.29) is 12.0 Å². The Labute approximate surface area is 225 Å². The molecule has 1 amide bonds. The van der Waals surface area contributed by atoms with E-state index in [1.54, 1.807) is 24.3 Å². The Hall–Kier alpha value is -2.60. The number of rotatable bonds is 6. The molecule has 0 saturated carbocycles. The summed E-state index contributed by atoms with van der Waals surface area (Å²) < 4.78 is 18.9. The number of amidine groups is 1. The summed E-state index contributed by atoms with van der Waals surface area (Å²) in [6.45, 7) is 5.47. The van der Waals surface area contributed by atoms with Gasteiger partial charge in [0.1, 0.15) is 30.9 Å². The van der Waals surface area contributed by atoms with Crippen molar-refractivity contribution in [3.63, 3.8) is 0 Å². The zero-order chi connectivity index (χ0) is 26.0. The van der Waals surface area contributed by atoms with Crippen LogP contribution in [-0.4, -0.2) is 29.4 Å². The Morgan fingerprint density at radius 3 is 2.08 bits per heavy atom. The number of ether oxygens (including phenoxy) is 1. The van der Waals surface area contributed by atoms with Crippen molar-refractivity contribution < 1.29 is 13.9 Å². The van der Waals surface area contributed by atoms with Crippen molar-refractivity contribution >= 4 is 46.0 Å². The van der Waals surface area contributed by atoms with Crippen LogP contribution in [0.15, 0.2) is 71.7 Å². The third-order valence-corrected chi connectivity index (χ3v) is 6.79. The Bertz CT molecular complexity index is 1270. The summed E-state index contributed by atoms with van der Waals surface area (Å²) in [6.07, 6.45) is 0. The number of amides is 1. The van der Waals surface area contributed by atoms with Crippen molar-refractivity contribution in [3.8, 4) is 5.75 Å². The fraction of sp³-hybridized carbons (Fsp3) is 0.286. The number of hydrogen-bond acceptors (Lipinski definition) is 3. The lowest BCUT2D eigenvalue weighted by Crippen LogP contribution is -2.34. The molecule has 188 valence electrons. The number of halogens is 4. The van der Waals surface area contributed by atoms with E-state index in [1.807, 2.05) is 42.5 Å². The zero-order valence-electron chi connectivity index (χ0n) is 20.1. The van der Waals surface area contributed by atoms with Gasteiger partial charge in [-0.15, -0.1) is 0 Å². The first-order valence-corrected chi connectivity index (χ1v) is 12.6. The van der Waals surface area contributed by atoms with Crippen molar-refractivity contribution in [2.45, 2.75) is 38.3 Å². The number of benzene rings is 3. The number of nitrogens with zero attached hydrogens (tertiary/aromatic N) is 2. The summed E-state index contributed by atoms with van der Waals surface area (Å²) in [4.78, 5) is 19.4. The third kappa shape index (κ3) is 5.54. The summed E-state index contributed by atoms with van der Waals surface area (Å²) in [5, 5.41) is 0.472. The quantitative estimate of drug-likeness (QED) is 0.229. The molecule has 1 heterocycles. The molecule has 1 aliphatic rings. The fourth-order valence-electron chi connectivity index (χ4n) is 4.28. The van der Waals surface area contributed by atoms with Gasteiger partial charge in [-0.3, -0.25) is 14.7 Å². The van der Waals surface area contributed by atoms with Gasteiger partial charge in [0.15, 0.2) is 0 Å². The molecule has 3 aromatic carbocycles. The highest BCUT2D eigenvalue weighted by molar-refractivity contribution is 6.64. The summed E-state index contributed by atoms with van der Waals surface area (Å²) in [6, 6.07) is 19.2. The lowest BCUT2D eigenvalue weighted by atomic mass is 9.86. The van der Waals surface area contributed by atoms with Gasteiger partial charge in [0.25, 0.3) is 0 Å². The standard InChI is InChI=1S/C28H26Cl3FN2O2/c1-28(2,3)19-8-13-22(23(16-19)36-15-14-32)26-33-24(17-4-9-20(29)10-5-17)25(34(26)27(31)35)18-6-11-21(30)12-7-18/h4-13,16,24-25H,14-15H2,1-3H3. The van der Waals surface area contributed by atoms with E-state index < -0.39 is 24.1 Å². The first-order valence-electron chi connectivity index (χ1n) is 11.5. The molecule has 8 heteroatoms. The average Bonchev–Trinajstić information content (AvgIpc) is 3.23. The van der Waals surface area contributed by atoms with Gasteiger partial charge in [0.2, 0.25) is 0 Å². The third-order valence-electron chi connectivity index (χ3n) is 6.10. The minimum absolute atomic E-state index is 0.121. The number of carbonyl (C=O) groups is 1. The number of carbonyl (C=O) groups excluding carboxylic acids is 1. The molecule has 0 fully saturated rings. The number of aliphatic imine (C=N–C) groups is 1. The minimum atomic E-state index is -0.693. The van der Waals surface area contributed by atoms with Crippen LogP contribution in [0.3, 0.4) is 0 Å². The van der Waals surface area contributed by atoms with E-state index in [1.165, 1.54) is 4.90 Å². The zero-order valence-corrected chi connectivity index (χ0v) is 22.4. The van der Waals surface area contributed by atoms with E-state index in [2.05, 4.69) is 20.8 Å². The van der Waals surface area contributed by atoms with Crippen LogP contribution >= 0.6 is 34.8 Å². The summed E-state index contributed by atoms with van der Waals surface area (Å²) in [5.41, 5.74) is 3.06. The van der Waals surface area contributed by atoms with Crippen LogP contribution in [0.1, 0.15) is 55.1 Å². The van der Waals surface area contributed by atoms with Crippen molar-refractivity contribution in [1.29, 1.82) is 0 Å². The van der Waals surface area contributed by atoms with Gasteiger partial charge in [-0.2, -0.15) is 0 Å². The smallest absolute Gasteiger partial charge is 0.322 e. The molecule has 0 aromatic heterocycles. The highest BCUT2D eigenvalue weighted by atomic mass is 35.5. The molecule has 4 rings (SSSR count). The maximum absolute atomic E-state index is 13.1. The lowest BCUT2D eigenvalue weighted by molar-refractivity contribution is 0.231. The predicted molar refractivity (Wildman–Crippen MR) is 145 cm³/mol. The maximum atomic E-state index is 13.1. The molecule has 36 heavy (non-hydrogen) atoms. The van der Waals surface area contributed by atoms with Gasteiger partial charge in [-0.05, 0) is 70.1 Å². The van der Waals surface area contributed by atoms with E-state index in [0.717, 1.165) is 16.7 Å². The van der Waals surface area contributed by atoms with Crippen molar-refractivity contribution in [2.75, 3.05) is 13.3 Å². The van der Waals surface area contributed by atoms with Gasteiger partial charge in [0, 0.05) is 10.0 Å². The summed E-state index contributed by atoms with van der Waals surface area (Å²) >= 11 is 18.5. The Balaban J connectivity index is 1.91. The van der Waals surface area contributed by atoms with Crippen molar-refractivity contribution in [2.24, 2.45) is 4.99 Å². The second-order valence-electron chi connectivity index (χ2n) is 9.57. The van der Waals surface area contributed by atoms with E-state index in [9.17, 15) is 9.18 Å². The molecule has 1 aliphatic heterocycles. The largest absolute Gasteiger partial charge is 0.490 e. The molecule has 2 atom stereocenters. The van der Waals surface area contributed by atoms with Crippen LogP contribution in [0.5, 0.6) is 5.75 Å². The monoisotopic (exact) mass is 546 g/mol. The molecule has 0 bridgehead atoms. The Kier molecular flexibility index (Phi) is 7.93. The molecule has 0 radical (unpaired) electrons. The molecule has 0 saturated heterocycles. The predicted octanol–water partition coefficient (Wildman–Crippen LogP) is 8.54. The van der Waals surface area contributed by atoms with Gasteiger partial charge in [-0.1, -0.05) is 74.3 Å². The molecule has 0 aliphatic carbocycles. The molecule has 0 N–H and O–H groups in total. The SMILES string of the molecule is CC(C)(C)c1ccc(C2=NC(c3ccc(Cl)cc3)C(c3ccc(Cl)cc3)N2C(=O)Cl)c(OCCF)c1. The van der Waals surface area contributed by atoms with Crippen LogP contribution in [0.2, 0.25) is 10.0 Å². The molecular weight excluding hydrogens is 522 g/mol. The van der Waals surface area contributed by atoms with E-state index in [0.29, 0.717) is 27.2 Å². The normalized spacial score (nSPS) is 17.8. The van der Waals surface area contributed by atoms with E-state index >= 15 is 0 Å². The van der Waals surface area contributed by atoms with Crippen molar-refractivity contribution in [3.05, 3.63) is 99.0 Å². The first-order chi connectivity index (χ1) is 17.1. The maximum Gasteiger partial charge on any atom is 0.322 e. The van der Waals surface area contributed by atoms with Crippen LogP contribution in [-0.2, 0) is 5.41 Å². The van der Waals surface area contributed by atoms with Gasteiger partial charge >= 0.3 is 5.37 Å². The molecular formula is C28H26Cl3FN2O2. The van der Waals surface area contributed by atoms with E-state index in [4.69, 9.17) is 44.5 Å². The Morgan fingerprint density at radius 2 is 1.56 bits per heavy atom. The number of alkyl halides is 1. The molecule has 3 aromatic rings. The minimum Gasteiger partial charge on any atom is -0.490 e. The first kappa shape index (κ1) is 26.5. The summed E-state index contributed by atoms with van der Waals surface area (Å²) in [5.74, 6) is 0.789. The van der Waals surface area contributed by atoms with Gasteiger partial charge in [-0.25, -0.2) is 4.39 Å². The fourth-order valence-corrected chi connectivity index (χ4v) is 4.72. The molecule has 0 spiro atoms.